The number of nitrogens with zero attached hydrogens (tertiary/aromatic N) is 1. The lowest BCUT2D eigenvalue weighted by atomic mass is 9.99. The highest BCUT2D eigenvalue weighted by Crippen LogP contribution is 2.36. The van der Waals surface area contributed by atoms with Crippen LogP contribution in [-0.2, 0) is 21.0 Å². The number of carboxylic acid groups (broad SMARTS) is 1. The van der Waals surface area contributed by atoms with Crippen molar-refractivity contribution in [3.63, 3.8) is 0 Å². The van der Waals surface area contributed by atoms with Crippen LogP contribution in [0.4, 0.5) is 13.2 Å². The fourth-order valence-electron chi connectivity index (χ4n) is 2.59. The molecule has 1 aliphatic heterocycles. The van der Waals surface area contributed by atoms with Crippen LogP contribution in [0.5, 0.6) is 5.75 Å². The molecule has 2 atom stereocenters. The number of halogens is 3. The molecule has 0 unspecified atom stereocenters. The molecule has 1 heterocycles. The summed E-state index contributed by atoms with van der Waals surface area (Å²) in [5.41, 5.74) is -1.15. The van der Waals surface area contributed by atoms with E-state index in [-0.39, 0.29) is 18.8 Å². The Morgan fingerprint density at radius 2 is 1.92 bits per heavy atom. The number of carbonyl (C=O) groups is 1. The SMILES string of the molecule is COc1cc(C(F)(F)F)cc(S(=O)(=O)N2C[C@@H](C)[C@H](C(=O)O)C2)c1. The van der Waals surface area contributed by atoms with Crippen molar-refractivity contribution in [1.29, 1.82) is 0 Å². The Labute approximate surface area is 136 Å². The summed E-state index contributed by atoms with van der Waals surface area (Å²) in [5, 5.41) is 9.08. The van der Waals surface area contributed by atoms with Crippen molar-refractivity contribution >= 4 is 16.0 Å². The largest absolute Gasteiger partial charge is 0.497 e. The monoisotopic (exact) mass is 367 g/mol. The van der Waals surface area contributed by atoms with Crippen molar-refractivity contribution < 1.29 is 36.2 Å². The number of ether oxygens (including phenoxy) is 1. The van der Waals surface area contributed by atoms with E-state index in [1.807, 2.05) is 0 Å². The lowest BCUT2D eigenvalue weighted by molar-refractivity contribution is -0.142. The summed E-state index contributed by atoms with van der Waals surface area (Å²) in [6.07, 6.45) is -4.74. The van der Waals surface area contributed by atoms with E-state index < -0.39 is 44.5 Å². The van der Waals surface area contributed by atoms with E-state index in [4.69, 9.17) is 9.84 Å². The van der Waals surface area contributed by atoms with Gasteiger partial charge in [-0.25, -0.2) is 8.42 Å². The Balaban J connectivity index is 2.45. The predicted molar refractivity (Wildman–Crippen MR) is 77.0 cm³/mol. The average molecular weight is 367 g/mol. The summed E-state index contributed by atoms with van der Waals surface area (Å²) in [7, 11) is -3.13. The smallest absolute Gasteiger partial charge is 0.416 e. The molecule has 0 aliphatic carbocycles. The second-order valence-corrected chi connectivity index (χ2v) is 7.58. The first kappa shape index (κ1) is 18.5. The van der Waals surface area contributed by atoms with Crippen molar-refractivity contribution in [2.45, 2.75) is 18.0 Å². The number of sulfonamides is 1. The summed E-state index contributed by atoms with van der Waals surface area (Å²) >= 11 is 0. The van der Waals surface area contributed by atoms with Gasteiger partial charge in [0.05, 0.1) is 23.5 Å². The highest BCUT2D eigenvalue weighted by atomic mass is 32.2. The Hall–Kier alpha value is -1.81. The number of hydrogen-bond acceptors (Lipinski definition) is 4. The highest BCUT2D eigenvalue weighted by molar-refractivity contribution is 7.89. The fraction of sp³-hybridized carbons (Fsp3) is 0.500. The summed E-state index contributed by atoms with van der Waals surface area (Å²) in [6.45, 7) is 1.23. The molecule has 2 rings (SSSR count). The number of hydrogen-bond donors (Lipinski definition) is 1. The quantitative estimate of drug-likeness (QED) is 0.881. The third kappa shape index (κ3) is 3.48. The molecule has 0 amide bonds. The minimum absolute atomic E-state index is 0.0716. The molecule has 6 nitrogen and oxygen atoms in total. The summed E-state index contributed by atoms with van der Waals surface area (Å²) in [5.74, 6) is -2.72. The van der Waals surface area contributed by atoms with Crippen LogP contribution in [0.1, 0.15) is 12.5 Å². The van der Waals surface area contributed by atoms with Gasteiger partial charge < -0.3 is 9.84 Å². The van der Waals surface area contributed by atoms with Crippen LogP contribution in [0.2, 0.25) is 0 Å². The second kappa shape index (κ2) is 6.25. The van der Waals surface area contributed by atoms with Crippen LogP contribution >= 0.6 is 0 Å². The molecule has 0 bridgehead atoms. The number of carboxylic acids is 1. The minimum Gasteiger partial charge on any atom is -0.497 e. The molecule has 10 heteroatoms. The van der Waals surface area contributed by atoms with Gasteiger partial charge in [-0.15, -0.1) is 0 Å². The summed E-state index contributed by atoms with van der Waals surface area (Å²) in [4.78, 5) is 10.5. The molecular weight excluding hydrogens is 351 g/mol. The van der Waals surface area contributed by atoms with Crippen molar-refractivity contribution in [1.82, 2.24) is 4.31 Å². The maximum atomic E-state index is 12.9. The third-order valence-corrected chi connectivity index (χ3v) is 5.79. The first-order valence-corrected chi connectivity index (χ1v) is 8.40. The van der Waals surface area contributed by atoms with Gasteiger partial charge in [-0.3, -0.25) is 4.79 Å². The van der Waals surface area contributed by atoms with Crippen LogP contribution in [0.25, 0.3) is 0 Å². The standard InChI is InChI=1S/C14H16F3NO5S/c1-8-6-18(7-12(8)13(19)20)24(21,22)11-4-9(14(15,16)17)3-10(5-11)23-2/h3-5,8,12H,6-7H2,1-2H3,(H,19,20)/t8-,12-/m1/s1. The Morgan fingerprint density at radius 3 is 2.38 bits per heavy atom. The van der Waals surface area contributed by atoms with Crippen LogP contribution in [0.15, 0.2) is 23.1 Å². The lowest BCUT2D eigenvalue weighted by Crippen LogP contribution is -2.30. The van der Waals surface area contributed by atoms with Gasteiger partial charge in [0.1, 0.15) is 5.75 Å². The first-order valence-electron chi connectivity index (χ1n) is 6.96. The molecule has 1 aromatic rings. The van der Waals surface area contributed by atoms with Crippen LogP contribution in [0, 0.1) is 11.8 Å². The normalized spacial score (nSPS) is 22.5. The van der Waals surface area contributed by atoms with Crippen molar-refractivity contribution in [3.05, 3.63) is 23.8 Å². The van der Waals surface area contributed by atoms with E-state index in [9.17, 15) is 26.4 Å². The van der Waals surface area contributed by atoms with Gasteiger partial charge in [0.2, 0.25) is 10.0 Å². The van der Waals surface area contributed by atoms with Gasteiger partial charge in [-0.2, -0.15) is 17.5 Å². The molecule has 1 saturated heterocycles. The van der Waals surface area contributed by atoms with E-state index in [1.54, 1.807) is 6.92 Å². The number of aliphatic carboxylic acids is 1. The molecule has 1 aromatic carbocycles. The maximum absolute atomic E-state index is 12.9. The molecule has 1 aliphatic rings. The van der Waals surface area contributed by atoms with Gasteiger partial charge in [0.25, 0.3) is 0 Å². The van der Waals surface area contributed by atoms with Gasteiger partial charge in [0, 0.05) is 19.2 Å². The number of benzene rings is 1. The zero-order valence-corrected chi connectivity index (χ0v) is 13.7. The Bertz CT molecular complexity index is 747. The molecule has 0 radical (unpaired) electrons. The van der Waals surface area contributed by atoms with E-state index in [1.165, 1.54) is 0 Å². The van der Waals surface area contributed by atoms with E-state index >= 15 is 0 Å². The number of alkyl halides is 3. The van der Waals surface area contributed by atoms with E-state index in [0.717, 1.165) is 17.5 Å². The van der Waals surface area contributed by atoms with Crippen molar-refractivity contribution in [3.8, 4) is 5.75 Å². The fourth-order valence-corrected chi connectivity index (χ4v) is 4.22. The molecule has 0 saturated carbocycles. The van der Waals surface area contributed by atoms with Crippen LogP contribution in [0.3, 0.4) is 0 Å². The molecule has 134 valence electrons. The van der Waals surface area contributed by atoms with Gasteiger partial charge in [0.15, 0.2) is 0 Å². The van der Waals surface area contributed by atoms with Gasteiger partial charge in [-0.05, 0) is 18.1 Å². The zero-order valence-electron chi connectivity index (χ0n) is 12.9. The van der Waals surface area contributed by atoms with Gasteiger partial charge in [-0.1, -0.05) is 6.92 Å². The second-order valence-electron chi connectivity index (χ2n) is 5.64. The highest BCUT2D eigenvalue weighted by Gasteiger charge is 2.41. The average Bonchev–Trinajstić information content (AvgIpc) is 2.88. The molecular formula is C14H16F3NO5S. The molecule has 24 heavy (non-hydrogen) atoms. The van der Waals surface area contributed by atoms with Crippen LogP contribution < -0.4 is 4.74 Å². The zero-order chi connectivity index (χ0) is 18.3. The Morgan fingerprint density at radius 1 is 1.29 bits per heavy atom. The van der Waals surface area contributed by atoms with Crippen LogP contribution in [-0.4, -0.2) is 44.0 Å². The predicted octanol–water partition coefficient (Wildman–Crippen LogP) is 2.06. The summed E-state index contributed by atoms with van der Waals surface area (Å²) < 4.78 is 69.7. The van der Waals surface area contributed by atoms with E-state index in [0.29, 0.717) is 12.1 Å². The molecule has 1 fully saturated rings. The molecule has 1 N–H and O–H groups in total. The lowest BCUT2D eigenvalue weighted by Gasteiger charge is -2.18. The molecule has 0 aromatic heterocycles. The number of methoxy groups -OCH3 is 1. The van der Waals surface area contributed by atoms with Gasteiger partial charge >= 0.3 is 12.1 Å². The number of rotatable bonds is 4. The van der Waals surface area contributed by atoms with Crippen molar-refractivity contribution in [2.24, 2.45) is 11.8 Å². The maximum Gasteiger partial charge on any atom is 0.416 e. The topological polar surface area (TPSA) is 83.9 Å². The minimum atomic E-state index is -4.74. The van der Waals surface area contributed by atoms with Crippen molar-refractivity contribution in [2.75, 3.05) is 20.2 Å². The van der Waals surface area contributed by atoms with E-state index in [2.05, 4.69) is 0 Å². The molecule has 0 spiro atoms. The summed E-state index contributed by atoms with van der Waals surface area (Å²) in [6, 6.07) is 2.21. The first-order chi connectivity index (χ1) is 11.0. The third-order valence-electron chi connectivity index (χ3n) is 3.98. The Kier molecular flexibility index (Phi) is 4.82.